The Morgan fingerprint density at radius 2 is 1.82 bits per heavy atom. The first-order valence-electron chi connectivity index (χ1n) is 8.99. The molecule has 0 bridgehead atoms. The molecule has 3 fully saturated rings. The van der Waals surface area contributed by atoms with Gasteiger partial charge in [0, 0.05) is 6.04 Å². The average molecular weight is 465 g/mol. The first-order chi connectivity index (χ1) is 13.3. The number of nitrogens with one attached hydrogen (secondary N) is 1. The molecule has 1 saturated carbocycles. The van der Waals surface area contributed by atoms with Gasteiger partial charge in [0.15, 0.2) is 6.10 Å². The molecule has 6 atom stereocenters. The largest absolute Gasteiger partial charge is 0.465 e. The maximum Gasteiger partial charge on any atom is 0.407 e. The Kier molecular flexibility index (Phi) is 7.49. The van der Waals surface area contributed by atoms with Gasteiger partial charge in [-0.3, -0.25) is 4.79 Å². The number of carbonyl (C=O) groups excluding carboxylic acids is 2. The molecule has 2 heterocycles. The Hall–Kier alpha value is -0.580. The number of hydrogen-bond donors (Lipinski definition) is 1. The molecule has 0 aromatic rings. The second-order valence-corrected chi connectivity index (χ2v) is 9.25. The quantitative estimate of drug-likeness (QED) is 0.494. The second kappa shape index (κ2) is 9.49. The molecule has 3 rings (SSSR count). The lowest BCUT2D eigenvalue weighted by Crippen LogP contribution is -2.58. The van der Waals surface area contributed by atoms with Crippen LogP contribution in [-0.2, 0) is 28.5 Å². The van der Waals surface area contributed by atoms with Crippen LogP contribution in [0.15, 0.2) is 0 Å². The van der Waals surface area contributed by atoms with Gasteiger partial charge in [-0.15, -0.1) is 0 Å². The molecule has 3 aliphatic rings. The number of alkyl carbamates (subject to hydrolysis) is 1. The molecule has 12 heteroatoms. The van der Waals surface area contributed by atoms with Crippen molar-refractivity contribution in [3.05, 3.63) is 0 Å². The minimum atomic E-state index is -2.05. The van der Waals surface area contributed by atoms with E-state index in [1.165, 1.54) is 0 Å². The van der Waals surface area contributed by atoms with Gasteiger partial charge in [-0.05, 0) is 12.8 Å². The molecule has 0 aromatic carbocycles. The fourth-order valence-electron chi connectivity index (χ4n) is 3.62. The summed E-state index contributed by atoms with van der Waals surface area (Å²) in [5.41, 5.74) is 0. The Morgan fingerprint density at radius 3 is 2.46 bits per heavy atom. The summed E-state index contributed by atoms with van der Waals surface area (Å²) in [6, 6.07) is -0.0250. The molecule has 2 saturated heterocycles. The van der Waals surface area contributed by atoms with Crippen molar-refractivity contribution in [2.75, 3.05) is 6.61 Å². The van der Waals surface area contributed by atoms with E-state index in [4.69, 9.17) is 53.8 Å². The van der Waals surface area contributed by atoms with Gasteiger partial charge in [0.25, 0.3) is 6.47 Å². The van der Waals surface area contributed by atoms with E-state index in [0.29, 0.717) is 0 Å². The van der Waals surface area contributed by atoms with Crippen molar-refractivity contribution in [3.63, 3.8) is 0 Å². The number of rotatable bonds is 5. The van der Waals surface area contributed by atoms with Gasteiger partial charge in [0.2, 0.25) is 16.4 Å². The zero-order chi connectivity index (χ0) is 20.3. The number of fused-ring (bicyclic) bond motifs is 1. The van der Waals surface area contributed by atoms with Crippen LogP contribution < -0.4 is 5.32 Å². The zero-order valence-electron chi connectivity index (χ0n) is 14.7. The van der Waals surface area contributed by atoms with Crippen LogP contribution in [0.3, 0.4) is 0 Å². The molecule has 0 radical (unpaired) electrons. The summed E-state index contributed by atoms with van der Waals surface area (Å²) in [4.78, 5) is 22.7. The minimum absolute atomic E-state index is 0.0250. The second-order valence-electron chi connectivity index (χ2n) is 6.88. The Labute approximate surface area is 176 Å². The standard InChI is InChI=1S/C16H21Cl3FNO7/c17-16(18,19)14-26-10-9(6-24-7-22)25-13(20)12(11(10)27-14)28-15(23)21-8-4-2-1-3-5-8/h7-14H,1-6H2,(H,21,23)/t9-,10-,11-,12+,13+,14+/m1/s1. The summed E-state index contributed by atoms with van der Waals surface area (Å²) >= 11 is 17.4. The van der Waals surface area contributed by atoms with Gasteiger partial charge in [-0.1, -0.05) is 54.1 Å². The van der Waals surface area contributed by atoms with E-state index in [0.717, 1.165) is 32.1 Å². The van der Waals surface area contributed by atoms with Crippen molar-refractivity contribution in [2.45, 2.75) is 79.0 Å². The van der Waals surface area contributed by atoms with Crippen LogP contribution in [0.4, 0.5) is 9.18 Å². The summed E-state index contributed by atoms with van der Waals surface area (Å²) in [5, 5.41) is 2.72. The van der Waals surface area contributed by atoms with Crippen LogP contribution in [-0.4, -0.2) is 66.1 Å². The average Bonchev–Trinajstić information content (AvgIpc) is 3.09. The summed E-state index contributed by atoms with van der Waals surface area (Å²) in [6.45, 7) is -0.115. The zero-order valence-corrected chi connectivity index (χ0v) is 17.0. The molecule has 0 aromatic heterocycles. The highest BCUT2D eigenvalue weighted by Crippen LogP contribution is 2.43. The Morgan fingerprint density at radius 1 is 1.14 bits per heavy atom. The van der Waals surface area contributed by atoms with E-state index in [1.807, 2.05) is 0 Å². The highest BCUT2D eigenvalue weighted by atomic mass is 35.6. The molecule has 1 N–H and O–H groups in total. The van der Waals surface area contributed by atoms with Gasteiger partial charge in [0.1, 0.15) is 24.9 Å². The molecule has 160 valence electrons. The molecular weight excluding hydrogens is 444 g/mol. The number of hydrogen-bond acceptors (Lipinski definition) is 7. The third-order valence-corrected chi connectivity index (χ3v) is 5.44. The van der Waals surface area contributed by atoms with E-state index >= 15 is 0 Å². The third-order valence-electron chi connectivity index (χ3n) is 4.90. The van der Waals surface area contributed by atoms with Gasteiger partial charge < -0.3 is 29.0 Å². The maximum absolute atomic E-state index is 14.6. The van der Waals surface area contributed by atoms with E-state index < -0.39 is 46.9 Å². The first-order valence-corrected chi connectivity index (χ1v) is 10.1. The Balaban J connectivity index is 1.67. The van der Waals surface area contributed by atoms with Crippen LogP contribution in [0.1, 0.15) is 32.1 Å². The molecule has 1 amide bonds. The van der Waals surface area contributed by atoms with Gasteiger partial charge in [0.05, 0.1) is 0 Å². The summed E-state index contributed by atoms with van der Waals surface area (Å²) in [5.74, 6) is 0. The Bertz CT molecular complexity index is 561. The van der Waals surface area contributed by atoms with E-state index in [1.54, 1.807) is 0 Å². The lowest BCUT2D eigenvalue weighted by Gasteiger charge is -2.38. The number of carbonyl (C=O) groups is 2. The van der Waals surface area contributed by atoms with E-state index in [-0.39, 0.29) is 19.1 Å². The number of amides is 1. The number of alkyl halides is 4. The summed E-state index contributed by atoms with van der Waals surface area (Å²) in [7, 11) is 0. The van der Waals surface area contributed by atoms with Crippen molar-refractivity contribution in [2.24, 2.45) is 0 Å². The topological polar surface area (TPSA) is 92.3 Å². The highest BCUT2D eigenvalue weighted by molar-refractivity contribution is 6.67. The predicted octanol–water partition coefficient (Wildman–Crippen LogP) is 2.76. The van der Waals surface area contributed by atoms with Gasteiger partial charge in [-0.25, -0.2) is 9.18 Å². The van der Waals surface area contributed by atoms with Gasteiger partial charge in [-0.2, -0.15) is 0 Å². The molecular formula is C16H21Cl3FNO7. The molecule has 1 aliphatic carbocycles. The fourth-order valence-corrected chi connectivity index (χ4v) is 3.93. The van der Waals surface area contributed by atoms with E-state index in [2.05, 4.69) is 10.1 Å². The van der Waals surface area contributed by atoms with Crippen LogP contribution in [0.2, 0.25) is 0 Å². The van der Waals surface area contributed by atoms with Crippen molar-refractivity contribution in [1.82, 2.24) is 5.32 Å². The summed E-state index contributed by atoms with van der Waals surface area (Å²) < 4.78 is 38.8. The SMILES string of the molecule is O=COC[C@H]1O[C@H](F)[C@@H](OC(=O)NC2CCCCC2)[C@@H]2O[C@@H](C(Cl)(Cl)Cl)O[C@@H]21. The van der Waals surface area contributed by atoms with Crippen LogP contribution in [0.5, 0.6) is 0 Å². The van der Waals surface area contributed by atoms with Crippen molar-refractivity contribution >= 4 is 47.4 Å². The lowest BCUT2D eigenvalue weighted by atomic mass is 9.96. The molecule has 0 unspecified atom stereocenters. The number of halogens is 4. The fraction of sp³-hybridized carbons (Fsp3) is 0.875. The molecule has 28 heavy (non-hydrogen) atoms. The smallest absolute Gasteiger partial charge is 0.407 e. The van der Waals surface area contributed by atoms with Crippen LogP contribution in [0, 0.1) is 0 Å². The van der Waals surface area contributed by atoms with Crippen molar-refractivity contribution in [3.8, 4) is 0 Å². The molecule has 8 nitrogen and oxygen atoms in total. The summed E-state index contributed by atoms with van der Waals surface area (Å²) in [6.07, 6.45) is -3.92. The monoisotopic (exact) mass is 463 g/mol. The minimum Gasteiger partial charge on any atom is -0.465 e. The van der Waals surface area contributed by atoms with Crippen LogP contribution in [0.25, 0.3) is 0 Å². The molecule has 0 spiro atoms. The number of ether oxygens (including phenoxy) is 5. The van der Waals surface area contributed by atoms with Crippen LogP contribution >= 0.6 is 34.8 Å². The first kappa shape index (κ1) is 22.1. The van der Waals surface area contributed by atoms with E-state index in [9.17, 15) is 14.0 Å². The lowest BCUT2D eigenvalue weighted by molar-refractivity contribution is -0.237. The third kappa shape index (κ3) is 5.31. The normalized spacial score (nSPS) is 36.4. The maximum atomic E-state index is 14.6. The van der Waals surface area contributed by atoms with Gasteiger partial charge >= 0.3 is 6.09 Å². The highest BCUT2D eigenvalue weighted by Gasteiger charge is 2.58. The van der Waals surface area contributed by atoms with Crippen molar-refractivity contribution in [1.29, 1.82) is 0 Å². The van der Waals surface area contributed by atoms with Crippen molar-refractivity contribution < 1.29 is 37.7 Å². The predicted molar refractivity (Wildman–Crippen MR) is 95.9 cm³/mol. The molecule has 2 aliphatic heterocycles.